The second-order valence-corrected chi connectivity index (χ2v) is 5.22. The molecule has 2 atom stereocenters. The van der Waals surface area contributed by atoms with Crippen molar-refractivity contribution in [2.45, 2.75) is 19.5 Å². The van der Waals surface area contributed by atoms with Gasteiger partial charge in [0.15, 0.2) is 0 Å². The minimum atomic E-state index is -0.753. The fourth-order valence-electron chi connectivity index (χ4n) is 2.21. The van der Waals surface area contributed by atoms with Crippen molar-refractivity contribution in [1.29, 1.82) is 0 Å². The van der Waals surface area contributed by atoms with Crippen LogP contribution in [0.3, 0.4) is 0 Å². The van der Waals surface area contributed by atoms with E-state index in [1.165, 1.54) is 4.88 Å². The van der Waals surface area contributed by atoms with Crippen molar-refractivity contribution in [2.75, 3.05) is 19.8 Å². The van der Waals surface area contributed by atoms with Crippen LogP contribution in [0.1, 0.15) is 11.8 Å². The summed E-state index contributed by atoms with van der Waals surface area (Å²) in [4.78, 5) is 14.6. The van der Waals surface area contributed by atoms with Crippen LogP contribution in [-0.4, -0.2) is 41.8 Å². The Hall–Kier alpha value is -0.910. The molecule has 2 unspecified atom stereocenters. The van der Waals surface area contributed by atoms with Gasteiger partial charge in [-0.25, -0.2) is 0 Å². The molecule has 0 radical (unpaired) electrons. The summed E-state index contributed by atoms with van der Waals surface area (Å²) in [6.45, 7) is 4.57. The second-order valence-electron chi connectivity index (χ2n) is 4.19. The predicted molar refractivity (Wildman–Crippen MR) is 66.1 cm³/mol. The Balaban J connectivity index is 2.04. The minimum Gasteiger partial charge on any atom is -0.481 e. The zero-order valence-corrected chi connectivity index (χ0v) is 10.7. The average molecular weight is 255 g/mol. The topological polar surface area (TPSA) is 49.8 Å². The highest BCUT2D eigenvalue weighted by Crippen LogP contribution is 2.23. The summed E-state index contributed by atoms with van der Waals surface area (Å²) in [5.74, 6) is -1.15. The van der Waals surface area contributed by atoms with Crippen LogP contribution >= 0.6 is 11.3 Å². The zero-order chi connectivity index (χ0) is 12.3. The first-order valence-corrected chi connectivity index (χ1v) is 6.67. The van der Waals surface area contributed by atoms with Gasteiger partial charge in [0, 0.05) is 17.5 Å². The Bertz CT molecular complexity index is 366. The number of thiophene rings is 1. The SMILES string of the molecule is CCN(Cc1cccs1)C1COCC1C(=O)O. The van der Waals surface area contributed by atoms with Gasteiger partial charge >= 0.3 is 5.97 Å². The van der Waals surface area contributed by atoms with E-state index >= 15 is 0 Å². The van der Waals surface area contributed by atoms with Crippen LogP contribution in [0.4, 0.5) is 0 Å². The summed E-state index contributed by atoms with van der Waals surface area (Å²) in [7, 11) is 0. The lowest BCUT2D eigenvalue weighted by molar-refractivity contribution is -0.143. The molecule has 0 aromatic carbocycles. The molecule has 5 heteroatoms. The van der Waals surface area contributed by atoms with E-state index in [0.717, 1.165) is 13.1 Å². The number of hydrogen-bond donors (Lipinski definition) is 1. The highest BCUT2D eigenvalue weighted by molar-refractivity contribution is 7.09. The number of ether oxygens (including phenoxy) is 1. The van der Waals surface area contributed by atoms with E-state index in [9.17, 15) is 4.79 Å². The number of hydrogen-bond acceptors (Lipinski definition) is 4. The van der Waals surface area contributed by atoms with Gasteiger partial charge in [0.05, 0.1) is 19.1 Å². The molecule has 0 saturated carbocycles. The molecule has 2 rings (SSSR count). The molecule has 1 N–H and O–H groups in total. The van der Waals surface area contributed by atoms with Crippen LogP contribution in [0, 0.1) is 5.92 Å². The number of rotatable bonds is 5. The summed E-state index contributed by atoms with van der Waals surface area (Å²) in [5.41, 5.74) is 0. The van der Waals surface area contributed by atoms with Gasteiger partial charge < -0.3 is 9.84 Å². The Morgan fingerprint density at radius 1 is 1.65 bits per heavy atom. The first-order chi connectivity index (χ1) is 8.22. The van der Waals surface area contributed by atoms with Gasteiger partial charge in [-0.3, -0.25) is 9.69 Å². The molecule has 94 valence electrons. The normalized spacial score (nSPS) is 24.4. The second kappa shape index (κ2) is 5.62. The van der Waals surface area contributed by atoms with Gasteiger partial charge in [-0.2, -0.15) is 0 Å². The van der Waals surface area contributed by atoms with Crippen molar-refractivity contribution in [3.63, 3.8) is 0 Å². The van der Waals surface area contributed by atoms with Crippen molar-refractivity contribution < 1.29 is 14.6 Å². The summed E-state index contributed by atoms with van der Waals surface area (Å²) >= 11 is 1.71. The number of carboxylic acids is 1. The lowest BCUT2D eigenvalue weighted by atomic mass is 10.0. The lowest BCUT2D eigenvalue weighted by Gasteiger charge is -2.28. The van der Waals surface area contributed by atoms with E-state index in [2.05, 4.69) is 17.9 Å². The molecule has 0 amide bonds. The third-order valence-electron chi connectivity index (χ3n) is 3.18. The first-order valence-electron chi connectivity index (χ1n) is 5.79. The number of carbonyl (C=O) groups is 1. The van der Waals surface area contributed by atoms with Crippen LogP contribution in [0.15, 0.2) is 17.5 Å². The van der Waals surface area contributed by atoms with Gasteiger partial charge in [0.25, 0.3) is 0 Å². The van der Waals surface area contributed by atoms with E-state index in [1.807, 2.05) is 11.4 Å². The first kappa shape index (κ1) is 12.5. The molecule has 4 nitrogen and oxygen atoms in total. The molecule has 0 aliphatic carbocycles. The molecule has 1 aromatic heterocycles. The Morgan fingerprint density at radius 2 is 2.47 bits per heavy atom. The smallest absolute Gasteiger partial charge is 0.310 e. The highest BCUT2D eigenvalue weighted by Gasteiger charge is 2.37. The summed E-state index contributed by atoms with van der Waals surface area (Å²) in [5, 5.41) is 11.2. The molecule has 0 spiro atoms. The van der Waals surface area contributed by atoms with Crippen LogP contribution in [0.5, 0.6) is 0 Å². The molecule has 0 bridgehead atoms. The van der Waals surface area contributed by atoms with E-state index < -0.39 is 11.9 Å². The van der Waals surface area contributed by atoms with Crippen LogP contribution < -0.4 is 0 Å². The monoisotopic (exact) mass is 255 g/mol. The molecule has 1 aliphatic heterocycles. The van der Waals surface area contributed by atoms with Crippen LogP contribution in [0.2, 0.25) is 0 Å². The Kier molecular flexibility index (Phi) is 4.15. The Morgan fingerprint density at radius 3 is 3.06 bits per heavy atom. The summed E-state index contributed by atoms with van der Waals surface area (Å²) < 4.78 is 5.31. The molecule has 1 aliphatic rings. The molecule has 17 heavy (non-hydrogen) atoms. The lowest BCUT2D eigenvalue weighted by Crippen LogP contribution is -2.42. The van der Waals surface area contributed by atoms with Gasteiger partial charge in [0.1, 0.15) is 0 Å². The number of nitrogens with zero attached hydrogens (tertiary/aromatic N) is 1. The third kappa shape index (κ3) is 2.86. The zero-order valence-electron chi connectivity index (χ0n) is 9.83. The van der Waals surface area contributed by atoms with Gasteiger partial charge in [-0.15, -0.1) is 11.3 Å². The number of aliphatic carboxylic acids is 1. The van der Waals surface area contributed by atoms with Crippen molar-refractivity contribution in [1.82, 2.24) is 4.90 Å². The maximum absolute atomic E-state index is 11.1. The van der Waals surface area contributed by atoms with E-state index in [4.69, 9.17) is 9.84 Å². The van der Waals surface area contributed by atoms with Crippen LogP contribution in [0.25, 0.3) is 0 Å². The van der Waals surface area contributed by atoms with Gasteiger partial charge in [-0.05, 0) is 18.0 Å². The fourth-order valence-corrected chi connectivity index (χ4v) is 2.93. The third-order valence-corrected chi connectivity index (χ3v) is 4.04. The predicted octanol–water partition coefficient (Wildman–Crippen LogP) is 1.67. The fraction of sp³-hybridized carbons (Fsp3) is 0.583. The van der Waals surface area contributed by atoms with Crippen molar-refractivity contribution in [3.8, 4) is 0 Å². The maximum Gasteiger partial charge on any atom is 0.310 e. The highest BCUT2D eigenvalue weighted by atomic mass is 32.1. The molecule has 1 aromatic rings. The molecule has 2 heterocycles. The standard InChI is InChI=1S/C12H17NO3S/c1-2-13(6-9-4-3-5-17-9)11-8-16-7-10(11)12(14)15/h3-5,10-11H,2,6-8H2,1H3,(H,14,15). The summed E-state index contributed by atoms with van der Waals surface area (Å²) in [6, 6.07) is 4.10. The molecular weight excluding hydrogens is 238 g/mol. The van der Waals surface area contributed by atoms with Crippen molar-refractivity contribution >= 4 is 17.3 Å². The largest absolute Gasteiger partial charge is 0.481 e. The minimum absolute atomic E-state index is 0.000370. The average Bonchev–Trinajstić information content (AvgIpc) is 2.96. The van der Waals surface area contributed by atoms with Gasteiger partial charge in [0.2, 0.25) is 0 Å². The maximum atomic E-state index is 11.1. The Labute approximate surface area is 105 Å². The van der Waals surface area contributed by atoms with E-state index in [0.29, 0.717) is 13.2 Å². The summed E-state index contributed by atoms with van der Waals surface area (Å²) in [6.07, 6.45) is 0. The van der Waals surface area contributed by atoms with Crippen molar-refractivity contribution in [3.05, 3.63) is 22.4 Å². The van der Waals surface area contributed by atoms with E-state index in [-0.39, 0.29) is 6.04 Å². The quantitative estimate of drug-likeness (QED) is 0.869. The number of likely N-dealkylation sites (N-methyl/N-ethyl adjacent to an activating group) is 1. The van der Waals surface area contributed by atoms with Crippen molar-refractivity contribution in [2.24, 2.45) is 5.92 Å². The number of carboxylic acid groups (broad SMARTS) is 1. The van der Waals surface area contributed by atoms with Crippen LogP contribution in [-0.2, 0) is 16.1 Å². The van der Waals surface area contributed by atoms with E-state index in [1.54, 1.807) is 11.3 Å². The molecule has 1 saturated heterocycles. The molecule has 1 fully saturated rings. The van der Waals surface area contributed by atoms with Gasteiger partial charge in [-0.1, -0.05) is 13.0 Å². The molecular formula is C12H17NO3S.